The van der Waals surface area contributed by atoms with E-state index in [1.54, 1.807) is 0 Å². The number of para-hydroxylation sites is 1. The zero-order valence-electron chi connectivity index (χ0n) is 7.06. The van der Waals surface area contributed by atoms with Crippen molar-refractivity contribution in [1.82, 2.24) is 0 Å². The van der Waals surface area contributed by atoms with Gasteiger partial charge in [0, 0.05) is 0 Å². The Morgan fingerprint density at radius 1 is 1.13 bits per heavy atom. The molecule has 1 aromatic rings. The van der Waals surface area contributed by atoms with Gasteiger partial charge in [-0.05, 0) is 6.07 Å². The minimum Gasteiger partial charge on any atom is -0.445 e. The summed E-state index contributed by atoms with van der Waals surface area (Å²) in [5.41, 5.74) is -1.50. The molecule has 15 heavy (non-hydrogen) atoms. The lowest BCUT2D eigenvalue weighted by molar-refractivity contribution is -0.0515. The second-order valence-electron chi connectivity index (χ2n) is 2.61. The highest BCUT2D eigenvalue weighted by atomic mass is 19.4. The summed E-state index contributed by atoms with van der Waals surface area (Å²) in [6, 6.07) is 1.88. The molecule has 0 radical (unpaired) electrons. The summed E-state index contributed by atoms with van der Waals surface area (Å²) < 4.78 is 76.5. The van der Waals surface area contributed by atoms with Gasteiger partial charge in [0.1, 0.15) is 5.75 Å². The third-order valence-electron chi connectivity index (χ3n) is 1.56. The van der Waals surface area contributed by atoms with Gasteiger partial charge in [-0.2, -0.15) is 8.78 Å². The first-order valence-corrected chi connectivity index (χ1v) is 3.75. The van der Waals surface area contributed by atoms with E-state index in [-0.39, 0.29) is 0 Å². The van der Waals surface area contributed by atoms with Gasteiger partial charge in [0.25, 0.3) is 0 Å². The van der Waals surface area contributed by atoms with Gasteiger partial charge in [-0.15, -0.1) is 0 Å². The molecule has 0 fully saturated rings. The van der Waals surface area contributed by atoms with E-state index in [2.05, 4.69) is 4.74 Å². The molecule has 0 aliphatic rings. The van der Waals surface area contributed by atoms with Crippen LogP contribution in [-0.2, 0) is 0 Å². The van der Waals surface area contributed by atoms with E-state index in [9.17, 15) is 26.1 Å². The molecule has 1 nitrogen and oxygen atoms in total. The number of rotatable bonds is 3. The SMILES string of the molecule is Fc1cccc([B-](F)(F)F)c1OC(F)F. The van der Waals surface area contributed by atoms with Crippen molar-refractivity contribution in [2.24, 2.45) is 0 Å². The topological polar surface area (TPSA) is 9.23 Å². The van der Waals surface area contributed by atoms with Crippen molar-refractivity contribution in [2.45, 2.75) is 6.61 Å². The molecule has 0 aromatic heterocycles. The molecule has 0 heterocycles. The predicted molar refractivity (Wildman–Crippen MR) is 41.7 cm³/mol. The highest BCUT2D eigenvalue weighted by molar-refractivity contribution is 6.74. The number of halogens is 6. The minimum absolute atomic E-state index is 0.487. The molecule has 0 aliphatic carbocycles. The second kappa shape index (κ2) is 4.04. The van der Waals surface area contributed by atoms with Crippen molar-refractivity contribution < 1.29 is 30.9 Å². The molecule has 84 valence electrons. The van der Waals surface area contributed by atoms with Gasteiger partial charge in [-0.25, -0.2) is 4.39 Å². The van der Waals surface area contributed by atoms with Crippen molar-refractivity contribution in [2.75, 3.05) is 0 Å². The maximum atomic E-state index is 12.8. The Morgan fingerprint density at radius 2 is 1.73 bits per heavy atom. The molecule has 0 unspecified atom stereocenters. The molecule has 0 saturated heterocycles. The molecule has 1 rings (SSSR count). The Labute approximate surface area is 80.7 Å². The van der Waals surface area contributed by atoms with Crippen molar-refractivity contribution in [3.05, 3.63) is 24.0 Å². The quantitative estimate of drug-likeness (QED) is 0.571. The summed E-state index contributed by atoms with van der Waals surface area (Å²) >= 11 is 0. The van der Waals surface area contributed by atoms with E-state index < -0.39 is 30.6 Å². The largest absolute Gasteiger partial charge is 0.513 e. The lowest BCUT2D eigenvalue weighted by atomic mass is 9.79. The monoisotopic (exact) mass is 229 g/mol. The summed E-state index contributed by atoms with van der Waals surface area (Å²) in [6.45, 7) is -9.09. The van der Waals surface area contributed by atoms with Crippen LogP contribution in [0.4, 0.5) is 26.1 Å². The fourth-order valence-corrected chi connectivity index (χ4v) is 0.997. The highest BCUT2D eigenvalue weighted by Gasteiger charge is 2.31. The van der Waals surface area contributed by atoms with Gasteiger partial charge in [0.2, 0.25) is 0 Å². The average Bonchev–Trinajstić information content (AvgIpc) is 2.05. The average molecular weight is 229 g/mol. The predicted octanol–water partition coefficient (Wildman–Crippen LogP) is 2.48. The maximum absolute atomic E-state index is 12.8. The first-order chi connectivity index (χ1) is 6.82. The van der Waals surface area contributed by atoms with E-state index in [1.165, 1.54) is 0 Å². The van der Waals surface area contributed by atoms with Crippen LogP contribution in [0.25, 0.3) is 0 Å². The third-order valence-corrected chi connectivity index (χ3v) is 1.56. The zero-order valence-corrected chi connectivity index (χ0v) is 7.06. The van der Waals surface area contributed by atoms with Gasteiger partial charge < -0.3 is 17.7 Å². The molecule has 0 atom stereocenters. The van der Waals surface area contributed by atoms with E-state index in [0.717, 1.165) is 6.07 Å². The highest BCUT2D eigenvalue weighted by Crippen LogP contribution is 2.22. The maximum Gasteiger partial charge on any atom is 0.513 e. The van der Waals surface area contributed by atoms with Crippen LogP contribution in [0.1, 0.15) is 0 Å². The smallest absolute Gasteiger partial charge is 0.445 e. The van der Waals surface area contributed by atoms with Crippen LogP contribution >= 0.6 is 0 Å². The van der Waals surface area contributed by atoms with E-state index in [0.29, 0.717) is 12.1 Å². The lowest BCUT2D eigenvalue weighted by Gasteiger charge is -2.19. The number of alkyl halides is 2. The van der Waals surface area contributed by atoms with Gasteiger partial charge in [0.05, 0.1) is 0 Å². The first kappa shape index (κ1) is 11.7. The Hall–Kier alpha value is -1.34. The Balaban J connectivity index is 3.21. The molecule has 0 amide bonds. The van der Waals surface area contributed by atoms with Crippen LogP contribution in [0, 0.1) is 5.82 Å². The molecule has 0 aliphatic heterocycles. The lowest BCUT2D eigenvalue weighted by Crippen LogP contribution is -2.36. The van der Waals surface area contributed by atoms with Gasteiger partial charge in [-0.3, -0.25) is 0 Å². The van der Waals surface area contributed by atoms with Crippen molar-refractivity contribution in [3.8, 4) is 5.75 Å². The summed E-state index contributed by atoms with van der Waals surface area (Å²) in [7, 11) is 0. The standard InChI is InChI=1S/C7H4BF6O/c9-5-3-1-2-4(8(12,13)14)6(5)15-7(10)11/h1-3,7H/q-1. The van der Waals surface area contributed by atoms with Crippen LogP contribution < -0.4 is 10.2 Å². The van der Waals surface area contributed by atoms with Crippen LogP contribution in [0.2, 0.25) is 0 Å². The fraction of sp³-hybridized carbons (Fsp3) is 0.143. The Morgan fingerprint density at radius 3 is 2.20 bits per heavy atom. The molecule has 0 bridgehead atoms. The number of hydrogen-bond donors (Lipinski definition) is 0. The fourth-order valence-electron chi connectivity index (χ4n) is 0.997. The summed E-state index contributed by atoms with van der Waals surface area (Å²) in [5.74, 6) is -2.92. The van der Waals surface area contributed by atoms with Crippen LogP contribution in [0.15, 0.2) is 18.2 Å². The van der Waals surface area contributed by atoms with Crippen LogP contribution in [-0.4, -0.2) is 13.6 Å². The van der Waals surface area contributed by atoms with E-state index in [1.807, 2.05) is 0 Å². The zero-order chi connectivity index (χ0) is 11.6. The van der Waals surface area contributed by atoms with E-state index in [4.69, 9.17) is 0 Å². The Kier molecular flexibility index (Phi) is 3.16. The van der Waals surface area contributed by atoms with Crippen LogP contribution in [0.5, 0.6) is 5.75 Å². The van der Waals surface area contributed by atoms with Crippen molar-refractivity contribution in [1.29, 1.82) is 0 Å². The molecular weight excluding hydrogens is 225 g/mol. The molecule has 0 spiro atoms. The normalized spacial score (nSPS) is 11.9. The number of hydrogen-bond acceptors (Lipinski definition) is 1. The Bertz CT molecular complexity index is 350. The van der Waals surface area contributed by atoms with Crippen molar-refractivity contribution in [3.63, 3.8) is 0 Å². The minimum atomic E-state index is -5.58. The van der Waals surface area contributed by atoms with Gasteiger partial charge >= 0.3 is 13.6 Å². The second-order valence-corrected chi connectivity index (χ2v) is 2.61. The molecule has 0 saturated carbocycles. The number of ether oxygens (including phenoxy) is 1. The van der Waals surface area contributed by atoms with E-state index >= 15 is 0 Å². The molecular formula is C7H4BF6O-. The molecule has 8 heteroatoms. The summed E-state index contributed by atoms with van der Waals surface area (Å²) in [4.78, 5) is 0. The van der Waals surface area contributed by atoms with Crippen LogP contribution in [0.3, 0.4) is 0 Å². The molecule has 0 N–H and O–H groups in total. The van der Waals surface area contributed by atoms with Gasteiger partial charge in [-0.1, -0.05) is 17.6 Å². The first-order valence-electron chi connectivity index (χ1n) is 3.75. The third kappa shape index (κ3) is 2.80. The summed E-state index contributed by atoms with van der Waals surface area (Å²) in [5, 5.41) is 0. The van der Waals surface area contributed by atoms with Crippen molar-refractivity contribution >= 4 is 12.4 Å². The molecule has 1 aromatic carbocycles. The summed E-state index contributed by atoms with van der Waals surface area (Å²) in [6.07, 6.45) is 0. The van der Waals surface area contributed by atoms with Gasteiger partial charge in [0.15, 0.2) is 5.82 Å². The number of benzene rings is 1.